The van der Waals surface area contributed by atoms with E-state index in [2.05, 4.69) is 40.0 Å². The fraction of sp³-hybridized carbons (Fsp3) is 0.222. The standard InChI is InChI=1S/C18H19N3OS/c1-13-6-5-7-15(10-13)16(21-8-3-4-9-21)11-17(22)20-18-19-14(2)12-23-18/h3-10,12,16H,11H2,1-2H3,(H,19,20,22)/t16-/m0/s1. The summed E-state index contributed by atoms with van der Waals surface area (Å²) < 4.78 is 2.07. The molecule has 1 N–H and O–H groups in total. The molecule has 0 aliphatic rings. The summed E-state index contributed by atoms with van der Waals surface area (Å²) in [6.45, 7) is 3.98. The Hall–Kier alpha value is -2.40. The largest absolute Gasteiger partial charge is 0.346 e. The number of nitrogens with one attached hydrogen (secondary N) is 1. The smallest absolute Gasteiger partial charge is 0.228 e. The van der Waals surface area contributed by atoms with E-state index in [-0.39, 0.29) is 11.9 Å². The summed E-state index contributed by atoms with van der Waals surface area (Å²) in [5.74, 6) is -0.0282. The lowest BCUT2D eigenvalue weighted by Gasteiger charge is -2.19. The van der Waals surface area contributed by atoms with Gasteiger partial charge in [-0.1, -0.05) is 29.8 Å². The summed E-state index contributed by atoms with van der Waals surface area (Å²) in [5.41, 5.74) is 3.24. The summed E-state index contributed by atoms with van der Waals surface area (Å²) in [5, 5.41) is 5.48. The first kappa shape index (κ1) is 15.5. The Bertz CT molecular complexity index is 792. The number of aromatic nitrogens is 2. The van der Waals surface area contributed by atoms with Crippen LogP contribution in [0.15, 0.2) is 54.2 Å². The van der Waals surface area contributed by atoms with Crippen LogP contribution < -0.4 is 5.32 Å². The van der Waals surface area contributed by atoms with E-state index < -0.39 is 0 Å². The van der Waals surface area contributed by atoms with Crippen molar-refractivity contribution in [1.29, 1.82) is 0 Å². The Balaban J connectivity index is 1.80. The quantitative estimate of drug-likeness (QED) is 0.765. The molecule has 2 heterocycles. The highest BCUT2D eigenvalue weighted by molar-refractivity contribution is 7.13. The lowest BCUT2D eigenvalue weighted by Crippen LogP contribution is -2.19. The minimum Gasteiger partial charge on any atom is -0.346 e. The first-order valence-corrected chi connectivity index (χ1v) is 8.41. The number of hydrogen-bond acceptors (Lipinski definition) is 3. The minimum absolute atomic E-state index is 0.0223. The van der Waals surface area contributed by atoms with Crippen molar-refractivity contribution in [1.82, 2.24) is 9.55 Å². The molecule has 1 amide bonds. The monoisotopic (exact) mass is 325 g/mol. The molecule has 0 unspecified atom stereocenters. The number of anilines is 1. The molecule has 1 aromatic carbocycles. The summed E-state index contributed by atoms with van der Waals surface area (Å²) in [4.78, 5) is 16.7. The molecular weight excluding hydrogens is 306 g/mol. The number of benzene rings is 1. The van der Waals surface area contributed by atoms with Crippen LogP contribution in [0.4, 0.5) is 5.13 Å². The van der Waals surface area contributed by atoms with Gasteiger partial charge in [-0.2, -0.15) is 0 Å². The molecule has 0 spiro atoms. The molecule has 5 heteroatoms. The highest BCUT2D eigenvalue weighted by Gasteiger charge is 2.18. The van der Waals surface area contributed by atoms with Crippen LogP contribution in [0.25, 0.3) is 0 Å². The first-order valence-electron chi connectivity index (χ1n) is 7.53. The van der Waals surface area contributed by atoms with E-state index >= 15 is 0 Å². The van der Waals surface area contributed by atoms with E-state index in [1.165, 1.54) is 16.9 Å². The molecule has 0 saturated heterocycles. The Morgan fingerprint density at radius 2 is 2.04 bits per heavy atom. The van der Waals surface area contributed by atoms with Gasteiger partial charge in [-0.25, -0.2) is 4.98 Å². The van der Waals surface area contributed by atoms with Crippen molar-refractivity contribution in [3.63, 3.8) is 0 Å². The van der Waals surface area contributed by atoms with Gasteiger partial charge in [0.15, 0.2) is 5.13 Å². The molecule has 2 aromatic heterocycles. The Kier molecular flexibility index (Phi) is 4.57. The number of hydrogen-bond donors (Lipinski definition) is 1. The molecule has 0 saturated carbocycles. The number of nitrogens with zero attached hydrogens (tertiary/aromatic N) is 2. The fourth-order valence-electron chi connectivity index (χ4n) is 2.59. The Labute approximate surface area is 139 Å². The molecule has 0 bridgehead atoms. The van der Waals surface area contributed by atoms with Gasteiger partial charge < -0.3 is 9.88 Å². The fourth-order valence-corrected chi connectivity index (χ4v) is 3.29. The first-order chi connectivity index (χ1) is 11.1. The van der Waals surface area contributed by atoms with E-state index in [0.29, 0.717) is 11.6 Å². The van der Waals surface area contributed by atoms with E-state index in [4.69, 9.17) is 0 Å². The number of rotatable bonds is 5. The lowest BCUT2D eigenvalue weighted by molar-refractivity contribution is -0.116. The third kappa shape index (κ3) is 3.87. The predicted octanol–water partition coefficient (Wildman–Crippen LogP) is 4.18. The molecule has 118 valence electrons. The lowest BCUT2D eigenvalue weighted by atomic mass is 10.0. The molecule has 3 aromatic rings. The van der Waals surface area contributed by atoms with Crippen molar-refractivity contribution in [2.45, 2.75) is 26.3 Å². The molecular formula is C18H19N3OS. The Morgan fingerprint density at radius 1 is 1.26 bits per heavy atom. The highest BCUT2D eigenvalue weighted by atomic mass is 32.1. The van der Waals surface area contributed by atoms with E-state index in [0.717, 1.165) is 11.3 Å². The van der Waals surface area contributed by atoms with Crippen LogP contribution in [0.5, 0.6) is 0 Å². The van der Waals surface area contributed by atoms with Gasteiger partial charge in [0.25, 0.3) is 0 Å². The van der Waals surface area contributed by atoms with Gasteiger partial charge in [0, 0.05) is 17.8 Å². The summed E-state index contributed by atoms with van der Waals surface area (Å²) in [7, 11) is 0. The average Bonchev–Trinajstić information content (AvgIpc) is 3.17. The van der Waals surface area contributed by atoms with Gasteiger partial charge in [0.1, 0.15) is 0 Å². The van der Waals surface area contributed by atoms with Crippen molar-refractivity contribution < 1.29 is 4.79 Å². The van der Waals surface area contributed by atoms with Gasteiger partial charge in [-0.3, -0.25) is 4.79 Å². The van der Waals surface area contributed by atoms with E-state index in [9.17, 15) is 4.79 Å². The molecule has 0 radical (unpaired) electrons. The van der Waals surface area contributed by atoms with E-state index in [1.54, 1.807) is 0 Å². The molecule has 3 rings (SSSR count). The maximum Gasteiger partial charge on any atom is 0.228 e. The average molecular weight is 325 g/mol. The normalized spacial score (nSPS) is 12.1. The molecule has 23 heavy (non-hydrogen) atoms. The van der Waals surface area contributed by atoms with Gasteiger partial charge in [0.2, 0.25) is 5.91 Å². The molecule has 0 aliphatic heterocycles. The third-order valence-corrected chi connectivity index (χ3v) is 4.53. The van der Waals surface area contributed by atoms with Crippen LogP contribution in [0.3, 0.4) is 0 Å². The summed E-state index contributed by atoms with van der Waals surface area (Å²) >= 11 is 1.45. The maximum atomic E-state index is 12.4. The number of thiazole rings is 1. The van der Waals surface area contributed by atoms with Gasteiger partial charge in [-0.05, 0) is 31.5 Å². The van der Waals surface area contributed by atoms with Gasteiger partial charge in [0.05, 0.1) is 18.2 Å². The van der Waals surface area contributed by atoms with Gasteiger partial charge in [-0.15, -0.1) is 11.3 Å². The van der Waals surface area contributed by atoms with Crippen LogP contribution in [0.2, 0.25) is 0 Å². The zero-order valence-electron chi connectivity index (χ0n) is 13.2. The highest BCUT2D eigenvalue weighted by Crippen LogP contribution is 2.24. The van der Waals surface area contributed by atoms with Crippen LogP contribution in [0.1, 0.15) is 29.3 Å². The number of carbonyl (C=O) groups excluding carboxylic acids is 1. The third-order valence-electron chi connectivity index (χ3n) is 3.66. The van der Waals surface area contributed by atoms with E-state index in [1.807, 2.05) is 42.9 Å². The number of carbonyl (C=O) groups is 1. The molecule has 1 atom stereocenters. The molecule has 0 aliphatic carbocycles. The van der Waals surface area contributed by atoms with Crippen LogP contribution in [-0.2, 0) is 4.79 Å². The number of aryl methyl sites for hydroxylation is 2. The van der Waals surface area contributed by atoms with Crippen molar-refractivity contribution >= 4 is 22.4 Å². The zero-order valence-corrected chi connectivity index (χ0v) is 14.0. The second-order valence-corrected chi connectivity index (χ2v) is 6.46. The number of amides is 1. The van der Waals surface area contributed by atoms with Crippen LogP contribution in [0, 0.1) is 13.8 Å². The molecule has 4 nitrogen and oxygen atoms in total. The van der Waals surface area contributed by atoms with Crippen molar-refractivity contribution in [2.75, 3.05) is 5.32 Å². The maximum absolute atomic E-state index is 12.4. The second-order valence-electron chi connectivity index (χ2n) is 5.61. The van der Waals surface area contributed by atoms with Crippen molar-refractivity contribution in [2.24, 2.45) is 0 Å². The predicted molar refractivity (Wildman–Crippen MR) is 93.8 cm³/mol. The Morgan fingerprint density at radius 3 is 2.70 bits per heavy atom. The SMILES string of the molecule is Cc1cccc([C@H](CC(=O)Nc2nc(C)cs2)n2cccc2)c1. The second kappa shape index (κ2) is 6.79. The summed E-state index contributed by atoms with van der Waals surface area (Å²) in [6, 6.07) is 12.2. The summed E-state index contributed by atoms with van der Waals surface area (Å²) in [6.07, 6.45) is 4.36. The van der Waals surface area contributed by atoms with Gasteiger partial charge >= 0.3 is 0 Å². The van der Waals surface area contributed by atoms with Crippen molar-refractivity contribution in [3.05, 3.63) is 71.0 Å². The van der Waals surface area contributed by atoms with Crippen LogP contribution in [-0.4, -0.2) is 15.5 Å². The van der Waals surface area contributed by atoms with Crippen molar-refractivity contribution in [3.8, 4) is 0 Å². The topological polar surface area (TPSA) is 46.9 Å². The molecule has 0 fully saturated rings. The zero-order chi connectivity index (χ0) is 16.2. The van der Waals surface area contributed by atoms with Crippen LogP contribution >= 0.6 is 11.3 Å². The minimum atomic E-state index is -0.0282.